The predicted molar refractivity (Wildman–Crippen MR) is 34.0 cm³/mol. The molecule has 0 aliphatic carbocycles. The zero-order valence-corrected chi connectivity index (χ0v) is 9.77. The summed E-state index contributed by atoms with van der Waals surface area (Å²) in [5.74, 6) is -0.718. The number of carbonyl (C=O) groups is 1. The average Bonchev–Trinajstić information content (AvgIpc) is 1.69. The van der Waals surface area contributed by atoms with Crippen LogP contribution >= 0.6 is 0 Å². The molecule has 0 heterocycles. The minimum Gasteiger partial charge on any atom is -0.667 e. The molecule has 0 aromatic carbocycles. The summed E-state index contributed by atoms with van der Waals surface area (Å²) >= 11 is 0. The van der Waals surface area contributed by atoms with E-state index < -0.39 is 5.91 Å². The van der Waals surface area contributed by atoms with Gasteiger partial charge in [0.2, 0.25) is 0 Å². The molecule has 9 heavy (non-hydrogen) atoms. The molecule has 0 spiro atoms. The molecular weight excluding hydrogens is 342 g/mol. The Labute approximate surface area is 79.9 Å². The monoisotopic (exact) mass is 354 g/mol. The second kappa shape index (κ2) is 15.8. The standard InChI is InChI=1S/C3H7.C2H6N2O.U/c1-3-2;3-1-2(4)5;/h1,3H2,2H3;1,3H2,(H2,4,5);/q-1;;+2/p-1. The Balaban J connectivity index is -0.0000000800. The third kappa shape index (κ3) is 57.9. The second-order valence-corrected chi connectivity index (χ2v) is 1.13. The molecule has 0 saturated heterocycles. The van der Waals surface area contributed by atoms with Crippen LogP contribution in [0.25, 0.3) is 5.73 Å². The molecular formula is C5H12N2OU. The van der Waals surface area contributed by atoms with Gasteiger partial charge >= 0.3 is 31.1 Å². The minimum absolute atomic E-state index is 0. The number of amides is 1. The van der Waals surface area contributed by atoms with E-state index in [1.165, 1.54) is 0 Å². The minimum atomic E-state index is -0.718. The summed E-state index contributed by atoms with van der Waals surface area (Å²) in [5.41, 5.74) is 10.7. The maximum absolute atomic E-state index is 9.35. The van der Waals surface area contributed by atoms with E-state index in [9.17, 15) is 4.79 Å². The first-order chi connectivity index (χ1) is 3.68. The van der Waals surface area contributed by atoms with Crippen LogP contribution in [0.2, 0.25) is 0 Å². The van der Waals surface area contributed by atoms with Gasteiger partial charge in [0.1, 0.15) is 0 Å². The van der Waals surface area contributed by atoms with Crippen LogP contribution in [-0.2, 0) is 4.79 Å². The van der Waals surface area contributed by atoms with Crippen molar-refractivity contribution in [3.05, 3.63) is 12.7 Å². The van der Waals surface area contributed by atoms with Crippen molar-refractivity contribution in [2.24, 2.45) is 5.73 Å². The van der Waals surface area contributed by atoms with E-state index in [-0.39, 0.29) is 37.7 Å². The maximum atomic E-state index is 9.35. The van der Waals surface area contributed by atoms with Crippen LogP contribution < -0.4 is 5.73 Å². The van der Waals surface area contributed by atoms with Crippen LogP contribution in [0.15, 0.2) is 0 Å². The average molecular weight is 354 g/mol. The van der Waals surface area contributed by atoms with Gasteiger partial charge in [-0.15, -0.1) is 0 Å². The van der Waals surface area contributed by atoms with Crippen LogP contribution in [0.3, 0.4) is 0 Å². The Morgan fingerprint density at radius 1 is 1.78 bits per heavy atom. The molecule has 3 nitrogen and oxygen atoms in total. The first-order valence-electron chi connectivity index (χ1n) is 2.42. The van der Waals surface area contributed by atoms with Crippen molar-refractivity contribution in [1.82, 2.24) is 0 Å². The summed E-state index contributed by atoms with van der Waals surface area (Å²) in [6.45, 7) is 5.33. The van der Waals surface area contributed by atoms with E-state index in [0.717, 1.165) is 6.42 Å². The topological polar surface area (TPSA) is 66.9 Å². The number of carbonyl (C=O) groups excluding carboxylic acids is 1. The molecule has 0 fully saturated rings. The predicted octanol–water partition coefficient (Wildman–Crippen LogP) is 0.754. The Bertz CT molecular complexity index is 58.9. The van der Waals surface area contributed by atoms with Crippen LogP contribution in [-0.4, -0.2) is 12.5 Å². The van der Waals surface area contributed by atoms with Crippen LogP contribution in [0.4, 0.5) is 0 Å². The third-order valence-corrected chi connectivity index (χ3v) is 0.185. The van der Waals surface area contributed by atoms with Gasteiger partial charge in [0, 0.05) is 6.54 Å². The number of hydrogen-bond acceptors (Lipinski definition) is 2. The zero-order valence-electron chi connectivity index (χ0n) is 5.61. The summed E-state index contributed by atoms with van der Waals surface area (Å²) in [4.78, 5) is 9.35. The molecule has 0 aliphatic rings. The van der Waals surface area contributed by atoms with E-state index in [2.05, 4.69) is 12.7 Å². The molecule has 3 N–H and O–H groups in total. The summed E-state index contributed by atoms with van der Waals surface area (Å²) < 4.78 is 0. The van der Waals surface area contributed by atoms with Crippen molar-refractivity contribution < 1.29 is 35.9 Å². The largest absolute Gasteiger partial charge is 2.00 e. The molecule has 0 radical (unpaired) electrons. The van der Waals surface area contributed by atoms with Crippen molar-refractivity contribution in [1.29, 1.82) is 0 Å². The van der Waals surface area contributed by atoms with E-state index in [0.29, 0.717) is 0 Å². The zero-order chi connectivity index (χ0) is 6.99. The fourth-order valence-electron chi connectivity index (χ4n) is 0. The summed E-state index contributed by atoms with van der Waals surface area (Å²) in [6, 6.07) is 0. The quantitative estimate of drug-likeness (QED) is 0.707. The van der Waals surface area contributed by atoms with Crippen LogP contribution in [0, 0.1) is 38.0 Å². The first kappa shape index (κ1) is 16.2. The molecule has 0 aromatic rings. The molecule has 0 bridgehead atoms. The fourth-order valence-corrected chi connectivity index (χ4v) is 0. The van der Waals surface area contributed by atoms with Crippen molar-refractivity contribution in [2.45, 2.75) is 13.3 Å². The van der Waals surface area contributed by atoms with Crippen molar-refractivity contribution >= 4 is 5.91 Å². The molecule has 1 amide bonds. The van der Waals surface area contributed by atoms with Gasteiger partial charge in [-0.3, -0.25) is 0 Å². The van der Waals surface area contributed by atoms with Crippen molar-refractivity contribution in [2.75, 3.05) is 6.54 Å². The van der Waals surface area contributed by atoms with Crippen molar-refractivity contribution in [3.8, 4) is 0 Å². The second-order valence-electron chi connectivity index (χ2n) is 1.13. The number of hydrogen-bond donors (Lipinski definition) is 1. The molecule has 0 unspecified atom stereocenters. The molecule has 0 aliphatic heterocycles. The Kier molecular flexibility index (Phi) is 28.5. The normalized spacial score (nSPS) is 6.11. The van der Waals surface area contributed by atoms with E-state index in [4.69, 9.17) is 5.73 Å². The number of rotatable bonds is 1. The molecule has 0 rings (SSSR count). The van der Waals surface area contributed by atoms with Gasteiger partial charge in [0.15, 0.2) is 0 Å². The Hall–Kier alpha value is 0.482. The molecule has 0 saturated carbocycles. The van der Waals surface area contributed by atoms with Crippen LogP contribution in [0.5, 0.6) is 0 Å². The number of nitrogens with two attached hydrogens (primary N) is 1. The van der Waals surface area contributed by atoms with Gasteiger partial charge < -0.3 is 23.2 Å². The van der Waals surface area contributed by atoms with Gasteiger partial charge in [-0.2, -0.15) is 6.42 Å². The van der Waals surface area contributed by atoms with Gasteiger partial charge in [0.25, 0.3) is 0 Å². The van der Waals surface area contributed by atoms with E-state index in [1.807, 2.05) is 6.92 Å². The van der Waals surface area contributed by atoms with Gasteiger partial charge in [-0.25, -0.2) is 0 Å². The maximum Gasteiger partial charge on any atom is 2.00 e. The Morgan fingerprint density at radius 2 is 1.89 bits per heavy atom. The van der Waals surface area contributed by atoms with Crippen LogP contribution in [0.1, 0.15) is 13.3 Å². The van der Waals surface area contributed by atoms with Gasteiger partial charge in [0.05, 0.1) is 5.91 Å². The molecule has 0 aromatic heterocycles. The summed E-state index contributed by atoms with van der Waals surface area (Å²) in [6.07, 6.45) is 1.00. The third-order valence-electron chi connectivity index (χ3n) is 0.185. The van der Waals surface area contributed by atoms with Gasteiger partial charge in [-0.05, 0) is 0 Å². The summed E-state index contributed by atoms with van der Waals surface area (Å²) in [5, 5.41) is 0. The molecule has 0 atom stereocenters. The summed E-state index contributed by atoms with van der Waals surface area (Å²) in [7, 11) is 0. The smallest absolute Gasteiger partial charge is 0.667 e. The molecule has 52 valence electrons. The van der Waals surface area contributed by atoms with E-state index >= 15 is 0 Å². The van der Waals surface area contributed by atoms with Crippen molar-refractivity contribution in [3.63, 3.8) is 0 Å². The fraction of sp³-hybridized carbons (Fsp3) is 0.600. The Morgan fingerprint density at radius 3 is 1.89 bits per heavy atom. The SMILES string of the molecule is [CH2-]CC.[NH-]C(=O)CN.[U+2]. The first-order valence-corrected chi connectivity index (χ1v) is 2.42. The number of nitrogens with one attached hydrogen (secondary N) is 1. The van der Waals surface area contributed by atoms with Gasteiger partial charge in [-0.1, -0.05) is 6.92 Å². The molecule has 4 heteroatoms. The van der Waals surface area contributed by atoms with E-state index in [1.54, 1.807) is 0 Å².